The Morgan fingerprint density at radius 2 is 2.04 bits per heavy atom. The molecule has 0 aromatic heterocycles. The number of methoxy groups -OCH3 is 1. The Balaban J connectivity index is 1.71. The Bertz CT molecular complexity index is 662. The number of benzene rings is 1. The molecule has 2 heterocycles. The van der Waals surface area contributed by atoms with Crippen LogP contribution in [-0.2, 0) is 16.0 Å². The number of ether oxygens (including phenoxy) is 1. The van der Waals surface area contributed by atoms with Gasteiger partial charge in [-0.25, -0.2) is 0 Å². The quantitative estimate of drug-likeness (QED) is 0.534. The largest absolute Gasteiger partial charge is 0.385 e. The molecule has 3 rings (SSSR count). The number of hydrogen-bond acceptors (Lipinski definition) is 4. The highest BCUT2D eigenvalue weighted by Gasteiger charge is 2.51. The number of thiocarbonyl (C=S) groups is 1. The number of carbonyl (C=O) groups excluding carboxylic acids is 1. The van der Waals surface area contributed by atoms with E-state index in [2.05, 4.69) is 39.5 Å². The molecule has 1 atom stereocenters. The van der Waals surface area contributed by atoms with Crippen LogP contribution in [0.5, 0.6) is 0 Å². The van der Waals surface area contributed by atoms with Crippen LogP contribution < -0.4 is 10.6 Å². The summed E-state index contributed by atoms with van der Waals surface area (Å²) in [7, 11) is 1.71. The van der Waals surface area contributed by atoms with Crippen LogP contribution in [0, 0.1) is 0 Å². The molecule has 1 amide bonds. The maximum Gasteiger partial charge on any atom is 0.241 e. The van der Waals surface area contributed by atoms with E-state index in [1.54, 1.807) is 7.11 Å². The monoisotopic (exact) mass is 404 g/mol. The molecule has 2 saturated heterocycles. The topological polar surface area (TPSA) is 56.8 Å². The number of amides is 1. The summed E-state index contributed by atoms with van der Waals surface area (Å²) in [5, 5.41) is 7.77. The molecule has 2 N–H and O–H groups in total. The summed E-state index contributed by atoms with van der Waals surface area (Å²) in [5.74, 6) is 0.211. The molecule has 1 spiro atoms. The smallest absolute Gasteiger partial charge is 0.241 e. The Morgan fingerprint density at radius 1 is 1.32 bits per heavy atom. The van der Waals surface area contributed by atoms with Crippen molar-refractivity contribution in [2.45, 2.75) is 44.3 Å². The zero-order valence-corrected chi connectivity index (χ0v) is 17.8. The summed E-state index contributed by atoms with van der Waals surface area (Å²) in [5.41, 5.74) is 0.913. The first-order valence-corrected chi connectivity index (χ1v) is 10.7. The van der Waals surface area contributed by atoms with Crippen LogP contribution in [0.25, 0.3) is 0 Å². The predicted octanol–water partition coefficient (Wildman–Crippen LogP) is 1.75. The average Bonchev–Trinajstić information content (AvgIpc) is 2.95. The van der Waals surface area contributed by atoms with E-state index in [1.165, 1.54) is 5.56 Å². The van der Waals surface area contributed by atoms with E-state index in [9.17, 15) is 4.79 Å². The van der Waals surface area contributed by atoms with Crippen molar-refractivity contribution in [3.63, 3.8) is 0 Å². The van der Waals surface area contributed by atoms with Crippen LogP contribution in [0.3, 0.4) is 0 Å². The summed E-state index contributed by atoms with van der Waals surface area (Å²) in [6, 6.07) is 10.1. The van der Waals surface area contributed by atoms with Crippen molar-refractivity contribution in [3.8, 4) is 0 Å². The van der Waals surface area contributed by atoms with E-state index in [-0.39, 0.29) is 17.6 Å². The van der Waals surface area contributed by atoms with E-state index in [1.807, 2.05) is 18.2 Å². The minimum atomic E-state index is -0.275. The van der Waals surface area contributed by atoms with Crippen LogP contribution >= 0.6 is 12.2 Å². The predicted molar refractivity (Wildman–Crippen MR) is 115 cm³/mol. The fourth-order valence-electron chi connectivity index (χ4n) is 4.30. The van der Waals surface area contributed by atoms with Gasteiger partial charge in [0.2, 0.25) is 5.91 Å². The molecule has 2 aliphatic heterocycles. The van der Waals surface area contributed by atoms with Gasteiger partial charge in [-0.2, -0.15) is 0 Å². The third-order valence-electron chi connectivity index (χ3n) is 5.74. The first-order valence-electron chi connectivity index (χ1n) is 10.2. The first-order chi connectivity index (χ1) is 13.6. The van der Waals surface area contributed by atoms with Crippen LogP contribution in [-0.4, -0.2) is 72.4 Å². The first kappa shape index (κ1) is 21.0. The molecule has 0 aliphatic carbocycles. The van der Waals surface area contributed by atoms with Gasteiger partial charge in [0.1, 0.15) is 0 Å². The minimum absolute atomic E-state index is 0.169. The second kappa shape index (κ2) is 9.67. The van der Waals surface area contributed by atoms with Gasteiger partial charge < -0.3 is 19.9 Å². The molecule has 0 radical (unpaired) electrons. The van der Waals surface area contributed by atoms with Crippen molar-refractivity contribution >= 4 is 23.2 Å². The molecule has 1 aromatic rings. The van der Waals surface area contributed by atoms with Gasteiger partial charge in [-0.3, -0.25) is 10.1 Å². The lowest BCUT2D eigenvalue weighted by molar-refractivity contribution is -0.133. The lowest BCUT2D eigenvalue weighted by Gasteiger charge is -2.45. The van der Waals surface area contributed by atoms with E-state index in [0.29, 0.717) is 6.61 Å². The molecule has 6 nitrogen and oxygen atoms in total. The SMILES string of the molecule is CCNC(=S)N1CCC2(CC1)NC(Cc1ccccc1)C(=O)N2CCCOC. The summed E-state index contributed by atoms with van der Waals surface area (Å²) in [4.78, 5) is 17.6. The molecule has 0 saturated carbocycles. The van der Waals surface area contributed by atoms with Crippen molar-refractivity contribution in [1.29, 1.82) is 0 Å². The summed E-state index contributed by atoms with van der Waals surface area (Å²) < 4.78 is 5.22. The Morgan fingerprint density at radius 3 is 2.68 bits per heavy atom. The van der Waals surface area contributed by atoms with Crippen molar-refractivity contribution in [2.24, 2.45) is 0 Å². The summed E-state index contributed by atoms with van der Waals surface area (Å²) >= 11 is 5.48. The molecule has 0 bridgehead atoms. The average molecular weight is 405 g/mol. The summed E-state index contributed by atoms with van der Waals surface area (Å²) in [6.45, 7) is 5.98. The molecule has 7 heteroatoms. The highest BCUT2D eigenvalue weighted by Crippen LogP contribution is 2.33. The lowest BCUT2D eigenvalue weighted by atomic mass is 9.95. The van der Waals surface area contributed by atoms with Crippen molar-refractivity contribution in [2.75, 3.05) is 39.9 Å². The highest BCUT2D eigenvalue weighted by molar-refractivity contribution is 7.80. The zero-order valence-electron chi connectivity index (χ0n) is 16.9. The fourth-order valence-corrected chi connectivity index (χ4v) is 4.63. The molecule has 2 fully saturated rings. The molecule has 1 aromatic carbocycles. The van der Waals surface area contributed by atoms with Crippen LogP contribution in [0.1, 0.15) is 31.7 Å². The molecular formula is C21H32N4O2S. The Kier molecular flexibility index (Phi) is 7.26. The van der Waals surface area contributed by atoms with Crippen LogP contribution in [0.2, 0.25) is 0 Å². The van der Waals surface area contributed by atoms with Gasteiger partial charge in [0.05, 0.1) is 11.7 Å². The van der Waals surface area contributed by atoms with Crippen LogP contribution in [0.15, 0.2) is 30.3 Å². The zero-order chi connectivity index (χ0) is 20.0. The van der Waals surface area contributed by atoms with Crippen LogP contribution in [0.4, 0.5) is 0 Å². The second-order valence-corrected chi connectivity index (χ2v) is 7.96. The number of piperidine rings is 1. The van der Waals surface area contributed by atoms with Crippen molar-refractivity contribution < 1.29 is 9.53 Å². The van der Waals surface area contributed by atoms with E-state index >= 15 is 0 Å². The van der Waals surface area contributed by atoms with Gasteiger partial charge in [0.25, 0.3) is 0 Å². The molecule has 154 valence electrons. The molecular weight excluding hydrogens is 372 g/mol. The standard InChI is InChI=1S/C21H32N4O2S/c1-3-22-20(28)24-13-10-21(11-14-24)23-18(16-17-8-5-4-6-9-17)19(26)25(21)12-7-15-27-2/h4-6,8-9,18,23H,3,7,10-16H2,1-2H3,(H,22,28). The lowest BCUT2D eigenvalue weighted by Crippen LogP contribution is -2.60. The minimum Gasteiger partial charge on any atom is -0.385 e. The number of nitrogens with one attached hydrogen (secondary N) is 2. The maximum atomic E-state index is 13.3. The third-order valence-corrected chi connectivity index (χ3v) is 6.14. The van der Waals surface area contributed by atoms with Crippen molar-refractivity contribution in [3.05, 3.63) is 35.9 Å². The van der Waals surface area contributed by atoms with Gasteiger partial charge in [-0.05, 0) is 37.5 Å². The molecule has 1 unspecified atom stereocenters. The third kappa shape index (κ3) is 4.64. The molecule has 28 heavy (non-hydrogen) atoms. The van der Waals surface area contributed by atoms with E-state index in [4.69, 9.17) is 17.0 Å². The number of rotatable bonds is 7. The number of hydrogen-bond donors (Lipinski definition) is 2. The highest BCUT2D eigenvalue weighted by atomic mass is 32.1. The Labute approximate surface area is 173 Å². The van der Waals surface area contributed by atoms with Crippen molar-refractivity contribution in [1.82, 2.24) is 20.4 Å². The number of carbonyl (C=O) groups is 1. The number of nitrogens with zero attached hydrogens (tertiary/aromatic N) is 2. The van der Waals surface area contributed by atoms with Gasteiger partial charge in [0, 0.05) is 52.7 Å². The van der Waals surface area contributed by atoms with E-state index in [0.717, 1.165) is 57.0 Å². The van der Waals surface area contributed by atoms with Gasteiger partial charge in [-0.1, -0.05) is 30.3 Å². The normalized spacial score (nSPS) is 21.4. The van der Waals surface area contributed by atoms with Gasteiger partial charge in [-0.15, -0.1) is 0 Å². The number of likely N-dealkylation sites (tertiary alicyclic amines) is 1. The van der Waals surface area contributed by atoms with Gasteiger partial charge >= 0.3 is 0 Å². The fraction of sp³-hybridized carbons (Fsp3) is 0.619. The van der Waals surface area contributed by atoms with E-state index < -0.39 is 0 Å². The van der Waals surface area contributed by atoms with Gasteiger partial charge in [0.15, 0.2) is 5.11 Å². The summed E-state index contributed by atoms with van der Waals surface area (Å²) in [6.07, 6.45) is 3.33. The second-order valence-electron chi connectivity index (χ2n) is 7.58. The molecule has 2 aliphatic rings. The maximum absolute atomic E-state index is 13.3. The Hall–Kier alpha value is -1.70.